The van der Waals surface area contributed by atoms with Gasteiger partial charge in [-0.1, -0.05) is 13.8 Å². The van der Waals surface area contributed by atoms with Crippen molar-refractivity contribution >= 4 is 0 Å². The van der Waals surface area contributed by atoms with E-state index >= 15 is 0 Å². The number of aromatic nitrogens is 3. The van der Waals surface area contributed by atoms with Gasteiger partial charge in [0.2, 0.25) is 5.89 Å². The van der Waals surface area contributed by atoms with E-state index in [0.29, 0.717) is 24.9 Å². The van der Waals surface area contributed by atoms with Crippen LogP contribution in [0.4, 0.5) is 8.78 Å². The minimum absolute atomic E-state index is 0.324. The van der Waals surface area contributed by atoms with E-state index in [1.165, 1.54) is 10.9 Å². The second kappa shape index (κ2) is 8.07. The number of rotatable bonds is 6. The van der Waals surface area contributed by atoms with Crippen molar-refractivity contribution in [2.75, 3.05) is 13.1 Å². The number of halogens is 2. The molecule has 0 atom stereocenters. The number of hydrogen-bond donors (Lipinski definition) is 0. The highest BCUT2D eigenvalue weighted by atomic mass is 19.3. The standard InChI is InChI=1S/C18H24F2N4O2/c1-12(2)15-8-21-16(26-15)10-23-5-3-13(4-6-23)9-24-11-22-14(18(19)20)7-17(24)25/h7-8,11-13,18H,3-6,9-10H2,1-2H3. The maximum atomic E-state index is 12.6. The highest BCUT2D eigenvalue weighted by Crippen LogP contribution is 2.22. The Morgan fingerprint density at radius 1 is 1.27 bits per heavy atom. The summed E-state index contributed by atoms with van der Waals surface area (Å²) in [5.74, 6) is 2.29. The van der Waals surface area contributed by atoms with Crippen molar-refractivity contribution in [2.24, 2.45) is 5.92 Å². The molecule has 3 heterocycles. The van der Waals surface area contributed by atoms with E-state index in [0.717, 1.165) is 43.6 Å². The fourth-order valence-corrected chi connectivity index (χ4v) is 3.16. The van der Waals surface area contributed by atoms with Crippen LogP contribution >= 0.6 is 0 Å². The van der Waals surface area contributed by atoms with Crippen LogP contribution in [-0.2, 0) is 13.1 Å². The largest absolute Gasteiger partial charge is 0.444 e. The maximum Gasteiger partial charge on any atom is 0.280 e. The average molecular weight is 366 g/mol. The third-order valence-electron chi connectivity index (χ3n) is 4.79. The van der Waals surface area contributed by atoms with E-state index < -0.39 is 17.7 Å². The van der Waals surface area contributed by atoms with E-state index in [1.807, 2.05) is 0 Å². The first-order chi connectivity index (χ1) is 12.4. The van der Waals surface area contributed by atoms with Crippen LogP contribution in [0.2, 0.25) is 0 Å². The molecule has 6 nitrogen and oxygen atoms in total. The second-order valence-corrected chi connectivity index (χ2v) is 7.14. The van der Waals surface area contributed by atoms with Gasteiger partial charge in [0, 0.05) is 18.5 Å². The summed E-state index contributed by atoms with van der Waals surface area (Å²) < 4.78 is 32.3. The van der Waals surface area contributed by atoms with Gasteiger partial charge in [-0.3, -0.25) is 14.3 Å². The van der Waals surface area contributed by atoms with E-state index in [4.69, 9.17) is 4.42 Å². The van der Waals surface area contributed by atoms with E-state index in [2.05, 4.69) is 28.7 Å². The first kappa shape index (κ1) is 18.7. The molecule has 26 heavy (non-hydrogen) atoms. The topological polar surface area (TPSA) is 64.2 Å². The molecule has 8 heteroatoms. The molecule has 0 spiro atoms. The third-order valence-corrected chi connectivity index (χ3v) is 4.79. The lowest BCUT2D eigenvalue weighted by molar-refractivity contribution is 0.144. The van der Waals surface area contributed by atoms with Crippen molar-refractivity contribution in [1.29, 1.82) is 0 Å². The summed E-state index contributed by atoms with van der Waals surface area (Å²) in [7, 11) is 0. The molecular formula is C18H24F2N4O2. The van der Waals surface area contributed by atoms with Gasteiger partial charge in [-0.15, -0.1) is 0 Å². The molecule has 0 unspecified atom stereocenters. The molecule has 2 aromatic heterocycles. The molecule has 0 amide bonds. The Kier molecular flexibility index (Phi) is 5.80. The third kappa shape index (κ3) is 4.55. The summed E-state index contributed by atoms with van der Waals surface area (Å²) >= 11 is 0. The number of alkyl halides is 2. The Morgan fingerprint density at radius 2 is 2.00 bits per heavy atom. The van der Waals surface area contributed by atoms with Crippen molar-refractivity contribution in [3.63, 3.8) is 0 Å². The Morgan fingerprint density at radius 3 is 2.58 bits per heavy atom. The van der Waals surface area contributed by atoms with Gasteiger partial charge in [0.15, 0.2) is 0 Å². The van der Waals surface area contributed by atoms with Crippen LogP contribution in [0.3, 0.4) is 0 Å². The molecule has 1 saturated heterocycles. The lowest BCUT2D eigenvalue weighted by Gasteiger charge is -2.31. The van der Waals surface area contributed by atoms with Crippen LogP contribution in [0.5, 0.6) is 0 Å². The van der Waals surface area contributed by atoms with Crippen LogP contribution in [0, 0.1) is 5.92 Å². The van der Waals surface area contributed by atoms with Crippen molar-refractivity contribution in [3.8, 4) is 0 Å². The zero-order valence-corrected chi connectivity index (χ0v) is 15.1. The maximum absolute atomic E-state index is 12.6. The molecular weight excluding hydrogens is 342 g/mol. The summed E-state index contributed by atoms with van der Waals surface area (Å²) in [6.07, 6.45) is 2.17. The first-order valence-electron chi connectivity index (χ1n) is 8.94. The van der Waals surface area contributed by atoms with Gasteiger partial charge in [0.25, 0.3) is 12.0 Å². The number of oxazole rings is 1. The van der Waals surface area contributed by atoms with Crippen molar-refractivity contribution in [3.05, 3.63) is 46.3 Å². The summed E-state index contributed by atoms with van der Waals surface area (Å²) in [5, 5.41) is 0. The molecule has 0 N–H and O–H groups in total. The van der Waals surface area contributed by atoms with Gasteiger partial charge >= 0.3 is 0 Å². The fraction of sp³-hybridized carbons (Fsp3) is 0.611. The van der Waals surface area contributed by atoms with Crippen LogP contribution in [-0.4, -0.2) is 32.5 Å². The number of nitrogens with zero attached hydrogens (tertiary/aromatic N) is 4. The minimum atomic E-state index is -2.72. The molecule has 1 fully saturated rings. The lowest BCUT2D eigenvalue weighted by atomic mass is 9.96. The second-order valence-electron chi connectivity index (χ2n) is 7.14. The lowest BCUT2D eigenvalue weighted by Crippen LogP contribution is -2.36. The van der Waals surface area contributed by atoms with Crippen LogP contribution in [0.1, 0.15) is 56.4 Å². The van der Waals surface area contributed by atoms with Gasteiger partial charge in [0.1, 0.15) is 11.5 Å². The molecule has 142 valence electrons. The zero-order valence-electron chi connectivity index (χ0n) is 15.1. The van der Waals surface area contributed by atoms with Crippen molar-refractivity contribution < 1.29 is 13.2 Å². The van der Waals surface area contributed by atoms with E-state index in [1.54, 1.807) is 6.20 Å². The SMILES string of the molecule is CC(C)c1cnc(CN2CCC(Cn3cnc(C(F)F)cc3=O)CC2)o1. The predicted molar refractivity (Wildman–Crippen MR) is 92.0 cm³/mol. The summed E-state index contributed by atoms with van der Waals surface area (Å²) in [6, 6.07) is 0.925. The Hall–Kier alpha value is -2.09. The summed E-state index contributed by atoms with van der Waals surface area (Å²) in [6.45, 7) is 7.12. The normalized spacial score (nSPS) is 16.7. The monoisotopic (exact) mass is 366 g/mol. The Bertz CT molecular complexity index is 779. The number of piperidine rings is 1. The van der Waals surface area contributed by atoms with Crippen LogP contribution < -0.4 is 5.56 Å². The molecule has 0 radical (unpaired) electrons. The van der Waals surface area contributed by atoms with Gasteiger partial charge < -0.3 is 4.42 Å². The summed E-state index contributed by atoms with van der Waals surface area (Å²) in [5.41, 5.74) is -0.883. The van der Waals surface area contributed by atoms with Gasteiger partial charge in [-0.2, -0.15) is 0 Å². The predicted octanol–water partition coefficient (Wildman–Crippen LogP) is 3.20. The van der Waals surface area contributed by atoms with Crippen molar-refractivity contribution in [1.82, 2.24) is 19.4 Å². The highest BCUT2D eigenvalue weighted by Gasteiger charge is 2.22. The highest BCUT2D eigenvalue weighted by molar-refractivity contribution is 5.01. The van der Waals surface area contributed by atoms with Gasteiger partial charge in [-0.05, 0) is 31.8 Å². The first-order valence-corrected chi connectivity index (χ1v) is 8.94. The molecule has 1 aliphatic rings. The van der Waals surface area contributed by atoms with Crippen LogP contribution in [0.25, 0.3) is 0 Å². The number of hydrogen-bond acceptors (Lipinski definition) is 5. The summed E-state index contributed by atoms with van der Waals surface area (Å²) in [4.78, 5) is 22.2. The quantitative estimate of drug-likeness (QED) is 0.786. The van der Waals surface area contributed by atoms with Gasteiger partial charge in [0.05, 0.1) is 19.1 Å². The average Bonchev–Trinajstić information content (AvgIpc) is 3.07. The van der Waals surface area contributed by atoms with Crippen molar-refractivity contribution in [2.45, 2.75) is 52.1 Å². The molecule has 2 aromatic rings. The smallest absolute Gasteiger partial charge is 0.280 e. The molecule has 0 saturated carbocycles. The van der Waals surface area contributed by atoms with Gasteiger partial charge in [-0.25, -0.2) is 18.7 Å². The molecule has 1 aliphatic heterocycles. The molecule has 0 aliphatic carbocycles. The van der Waals surface area contributed by atoms with E-state index in [-0.39, 0.29) is 0 Å². The Labute approximate surface area is 150 Å². The molecule has 3 rings (SSSR count). The molecule has 0 bridgehead atoms. The number of likely N-dealkylation sites (tertiary alicyclic amines) is 1. The zero-order chi connectivity index (χ0) is 18.7. The fourth-order valence-electron chi connectivity index (χ4n) is 3.16. The molecule has 0 aromatic carbocycles. The Balaban J connectivity index is 1.51. The minimum Gasteiger partial charge on any atom is -0.444 e. The van der Waals surface area contributed by atoms with Crippen LogP contribution in [0.15, 0.2) is 27.8 Å². The van der Waals surface area contributed by atoms with E-state index in [9.17, 15) is 13.6 Å².